The monoisotopic (exact) mass is 515 g/mol. The fourth-order valence-electron chi connectivity index (χ4n) is 7.00. The molecule has 0 unspecified atom stereocenters. The van der Waals surface area contributed by atoms with Crippen molar-refractivity contribution >= 4 is 32.6 Å². The van der Waals surface area contributed by atoms with Gasteiger partial charge < -0.3 is 4.74 Å². The first-order chi connectivity index (χ1) is 19.6. The van der Waals surface area contributed by atoms with Gasteiger partial charge in [-0.3, -0.25) is 4.57 Å². The zero-order chi connectivity index (χ0) is 26.6. The number of nitrogens with zero attached hydrogens (tertiary/aromatic N) is 3. The Kier molecular flexibility index (Phi) is 4.15. The van der Waals surface area contributed by atoms with E-state index in [9.17, 15) is 0 Å². The second-order valence-electron chi connectivity index (χ2n) is 11.4. The summed E-state index contributed by atoms with van der Waals surface area (Å²) in [6.45, 7) is 5.09. The molecule has 0 atom stereocenters. The molecule has 7 aromatic rings. The highest BCUT2D eigenvalue weighted by Crippen LogP contribution is 2.51. The fraction of sp³-hybridized carbons (Fsp3) is 0.111. The third-order valence-corrected chi connectivity index (χ3v) is 8.93. The second kappa shape index (κ2) is 7.57. The molecule has 0 saturated carbocycles. The van der Waals surface area contributed by atoms with Gasteiger partial charge in [0, 0.05) is 38.9 Å². The van der Waals surface area contributed by atoms with E-state index in [1.807, 2.05) is 18.3 Å². The lowest BCUT2D eigenvalue weighted by Gasteiger charge is -2.21. The summed E-state index contributed by atoms with van der Waals surface area (Å²) >= 11 is 0. The average Bonchev–Trinajstić information content (AvgIpc) is 3.36. The molecule has 9 rings (SSSR count). The van der Waals surface area contributed by atoms with E-state index in [-0.39, 0.29) is 5.41 Å². The van der Waals surface area contributed by atoms with Gasteiger partial charge in [-0.2, -0.15) is 0 Å². The Morgan fingerprint density at radius 2 is 1.52 bits per heavy atom. The van der Waals surface area contributed by atoms with Crippen LogP contribution in [0.15, 0.2) is 103 Å². The molecular formula is C36H25N3O. The van der Waals surface area contributed by atoms with Gasteiger partial charge in [0.15, 0.2) is 0 Å². The molecule has 0 N–H and O–H groups in total. The lowest BCUT2D eigenvalue weighted by Crippen LogP contribution is -2.15. The van der Waals surface area contributed by atoms with Gasteiger partial charge in [-0.1, -0.05) is 86.6 Å². The molecule has 0 bridgehead atoms. The van der Waals surface area contributed by atoms with Gasteiger partial charge in [-0.15, -0.1) is 0 Å². The predicted octanol–water partition coefficient (Wildman–Crippen LogP) is 8.59. The predicted molar refractivity (Wildman–Crippen MR) is 161 cm³/mol. The first-order valence-electron chi connectivity index (χ1n) is 13.8. The van der Waals surface area contributed by atoms with Crippen LogP contribution in [0.1, 0.15) is 30.5 Å². The van der Waals surface area contributed by atoms with Crippen LogP contribution in [-0.4, -0.2) is 14.5 Å². The van der Waals surface area contributed by atoms with E-state index in [4.69, 9.17) is 14.7 Å². The number of rotatable bonds is 1. The van der Waals surface area contributed by atoms with Crippen LogP contribution >= 0.6 is 0 Å². The zero-order valence-corrected chi connectivity index (χ0v) is 22.3. The molecule has 0 radical (unpaired) electrons. The van der Waals surface area contributed by atoms with Gasteiger partial charge in [-0.05, 0) is 51.9 Å². The molecule has 0 fully saturated rings. The highest BCUT2D eigenvalue weighted by Gasteiger charge is 2.36. The minimum absolute atomic E-state index is 0.0906. The van der Waals surface area contributed by atoms with Crippen LogP contribution in [0.4, 0.5) is 0 Å². The maximum absolute atomic E-state index is 6.24. The molecule has 5 aromatic carbocycles. The van der Waals surface area contributed by atoms with Gasteiger partial charge >= 0.3 is 0 Å². The smallest absolute Gasteiger partial charge is 0.235 e. The van der Waals surface area contributed by atoms with Crippen LogP contribution in [-0.2, 0) is 12.0 Å². The van der Waals surface area contributed by atoms with Crippen molar-refractivity contribution in [2.24, 2.45) is 0 Å². The first kappa shape index (κ1) is 21.9. The van der Waals surface area contributed by atoms with E-state index < -0.39 is 0 Å². The molecule has 2 aromatic heterocycles. The summed E-state index contributed by atoms with van der Waals surface area (Å²) in [5.74, 6) is 1.57. The Balaban J connectivity index is 1.35. The summed E-state index contributed by atoms with van der Waals surface area (Å²) in [6.07, 6.45) is 1.94. The van der Waals surface area contributed by atoms with Crippen molar-refractivity contribution in [1.29, 1.82) is 0 Å². The highest BCUT2D eigenvalue weighted by atomic mass is 16.5. The summed E-state index contributed by atoms with van der Waals surface area (Å²) in [7, 11) is 0. The van der Waals surface area contributed by atoms with Crippen molar-refractivity contribution in [1.82, 2.24) is 14.5 Å². The number of benzene rings is 5. The third kappa shape index (κ3) is 2.75. The third-order valence-electron chi connectivity index (χ3n) is 8.93. The van der Waals surface area contributed by atoms with Gasteiger partial charge in [0.05, 0.1) is 16.7 Å². The molecule has 0 saturated heterocycles. The number of ether oxygens (including phenoxy) is 1. The van der Waals surface area contributed by atoms with Gasteiger partial charge in [0.2, 0.25) is 5.95 Å². The SMILES string of the molecule is CC1(C)c2ccccc2-c2cc3c4ccccc4n(-c4ncc5c(n4)-c4cccc6cccc(c46)OC5)c3cc21. The highest BCUT2D eigenvalue weighted by molar-refractivity contribution is 6.11. The zero-order valence-electron chi connectivity index (χ0n) is 22.3. The van der Waals surface area contributed by atoms with Crippen molar-refractivity contribution in [2.75, 3.05) is 0 Å². The molecule has 0 amide bonds. The van der Waals surface area contributed by atoms with E-state index in [1.54, 1.807) is 0 Å². The second-order valence-corrected chi connectivity index (χ2v) is 11.4. The summed E-state index contributed by atoms with van der Waals surface area (Å²) in [6, 6.07) is 34.8. The summed E-state index contributed by atoms with van der Waals surface area (Å²) in [5.41, 5.74) is 10.5. The minimum Gasteiger partial charge on any atom is -0.488 e. The van der Waals surface area contributed by atoms with Gasteiger partial charge in [-0.25, -0.2) is 9.97 Å². The number of fused-ring (bicyclic) bond motifs is 8. The van der Waals surface area contributed by atoms with Crippen molar-refractivity contribution in [3.8, 4) is 34.1 Å². The molecule has 0 spiro atoms. The molecule has 4 nitrogen and oxygen atoms in total. The number of hydrogen-bond donors (Lipinski definition) is 0. The van der Waals surface area contributed by atoms with Crippen molar-refractivity contribution in [3.63, 3.8) is 0 Å². The van der Waals surface area contributed by atoms with E-state index >= 15 is 0 Å². The molecule has 190 valence electrons. The molecule has 3 heterocycles. The lowest BCUT2D eigenvalue weighted by atomic mass is 9.82. The van der Waals surface area contributed by atoms with Crippen molar-refractivity contribution < 1.29 is 4.74 Å². The minimum atomic E-state index is -0.0906. The van der Waals surface area contributed by atoms with Gasteiger partial charge in [0.25, 0.3) is 0 Å². The van der Waals surface area contributed by atoms with Crippen molar-refractivity contribution in [2.45, 2.75) is 25.9 Å². The van der Waals surface area contributed by atoms with E-state index in [0.717, 1.165) is 44.4 Å². The Hall–Kier alpha value is -4.96. The van der Waals surface area contributed by atoms with Crippen LogP contribution in [0, 0.1) is 0 Å². The molecule has 2 aliphatic rings. The Bertz CT molecular complexity index is 2200. The normalized spacial score (nSPS) is 14.6. The van der Waals surface area contributed by atoms with Crippen LogP contribution in [0.25, 0.3) is 60.9 Å². The first-order valence-corrected chi connectivity index (χ1v) is 13.8. The summed E-state index contributed by atoms with van der Waals surface area (Å²) in [4.78, 5) is 10.2. The lowest BCUT2D eigenvalue weighted by molar-refractivity contribution is 0.311. The molecule has 1 aliphatic heterocycles. The Labute approximate surface area is 231 Å². The van der Waals surface area contributed by atoms with E-state index in [0.29, 0.717) is 12.6 Å². The molecular weight excluding hydrogens is 490 g/mol. The number of aromatic nitrogens is 3. The number of hydrogen-bond acceptors (Lipinski definition) is 3. The average molecular weight is 516 g/mol. The quantitative estimate of drug-likeness (QED) is 0.220. The molecule has 4 heteroatoms. The maximum Gasteiger partial charge on any atom is 0.235 e. The van der Waals surface area contributed by atoms with Crippen LogP contribution in [0.5, 0.6) is 5.75 Å². The van der Waals surface area contributed by atoms with E-state index in [2.05, 4.69) is 103 Å². The summed E-state index contributed by atoms with van der Waals surface area (Å²) in [5, 5.41) is 4.68. The van der Waals surface area contributed by atoms with E-state index in [1.165, 1.54) is 33.0 Å². The Morgan fingerprint density at radius 3 is 2.45 bits per heavy atom. The largest absolute Gasteiger partial charge is 0.488 e. The van der Waals surface area contributed by atoms with Crippen LogP contribution < -0.4 is 4.74 Å². The fourth-order valence-corrected chi connectivity index (χ4v) is 7.00. The maximum atomic E-state index is 6.24. The standard InChI is InChI=1S/C36H25N3O/c1-36(2)28-14-5-3-11-23(28)26-17-27-24-12-4-6-15-30(24)39(31(27)18-29(26)36)35-37-19-22-20-40-32-16-8-10-21-9-7-13-25(33(21)32)34(22)38-35/h3-19H,20H2,1-2H3. The van der Waals surface area contributed by atoms with Crippen molar-refractivity contribution in [3.05, 3.63) is 120 Å². The Morgan fingerprint density at radius 1 is 0.725 bits per heavy atom. The molecule has 1 aliphatic carbocycles. The number of para-hydroxylation sites is 1. The van der Waals surface area contributed by atoms with Crippen LogP contribution in [0.2, 0.25) is 0 Å². The van der Waals surface area contributed by atoms with Crippen LogP contribution in [0.3, 0.4) is 0 Å². The molecule has 40 heavy (non-hydrogen) atoms. The van der Waals surface area contributed by atoms with Gasteiger partial charge in [0.1, 0.15) is 12.4 Å². The summed E-state index contributed by atoms with van der Waals surface area (Å²) < 4.78 is 8.47. The topological polar surface area (TPSA) is 39.9 Å².